The highest BCUT2D eigenvalue weighted by molar-refractivity contribution is 5.99. The summed E-state index contributed by atoms with van der Waals surface area (Å²) >= 11 is 0. The molecule has 8 heteroatoms. The van der Waals surface area contributed by atoms with Crippen LogP contribution in [0.2, 0.25) is 0 Å². The second kappa shape index (κ2) is 8.13. The first-order chi connectivity index (χ1) is 13.0. The van der Waals surface area contributed by atoms with Gasteiger partial charge in [0.2, 0.25) is 0 Å². The topological polar surface area (TPSA) is 105 Å². The van der Waals surface area contributed by atoms with Crippen molar-refractivity contribution in [3.63, 3.8) is 0 Å². The molecule has 0 aliphatic carbocycles. The van der Waals surface area contributed by atoms with Gasteiger partial charge < -0.3 is 14.2 Å². The molecule has 0 atom stereocenters. The van der Waals surface area contributed by atoms with Crippen LogP contribution in [0.1, 0.15) is 15.9 Å². The van der Waals surface area contributed by atoms with E-state index in [9.17, 15) is 19.7 Å². The van der Waals surface area contributed by atoms with E-state index in [1.165, 1.54) is 30.3 Å². The van der Waals surface area contributed by atoms with Gasteiger partial charge in [0, 0.05) is 17.7 Å². The fourth-order valence-electron chi connectivity index (χ4n) is 2.44. The molecule has 1 heterocycles. The van der Waals surface area contributed by atoms with Gasteiger partial charge in [-0.3, -0.25) is 14.9 Å². The molecule has 27 heavy (non-hydrogen) atoms. The van der Waals surface area contributed by atoms with Crippen molar-refractivity contribution in [2.24, 2.45) is 0 Å². The van der Waals surface area contributed by atoms with Crippen molar-refractivity contribution in [1.82, 2.24) is 0 Å². The Morgan fingerprint density at radius 3 is 2.63 bits per heavy atom. The van der Waals surface area contributed by atoms with Crippen LogP contribution < -0.4 is 9.47 Å². The number of carbonyl (C=O) groups is 2. The zero-order valence-electron chi connectivity index (χ0n) is 14.1. The lowest BCUT2D eigenvalue weighted by Crippen LogP contribution is -2.17. The van der Waals surface area contributed by atoms with Crippen LogP contribution in [0, 0.1) is 10.1 Å². The summed E-state index contributed by atoms with van der Waals surface area (Å²) in [5, 5.41) is 10.9. The first kappa shape index (κ1) is 18.1. The fraction of sp³-hybridized carbons (Fsp3) is 0.158. The van der Waals surface area contributed by atoms with Crippen LogP contribution in [0.3, 0.4) is 0 Å². The zero-order valence-corrected chi connectivity index (χ0v) is 14.1. The lowest BCUT2D eigenvalue weighted by molar-refractivity contribution is -0.385. The number of Topliss-reactive ketones (excluding diaryl/α,β-unsaturated/α-hetero) is 1. The number of para-hydroxylation sites is 1. The molecule has 2 aromatic rings. The third-order valence-corrected chi connectivity index (χ3v) is 3.74. The van der Waals surface area contributed by atoms with Gasteiger partial charge in [-0.2, -0.15) is 0 Å². The van der Waals surface area contributed by atoms with Crippen molar-refractivity contribution in [2.75, 3.05) is 19.8 Å². The van der Waals surface area contributed by atoms with Crippen LogP contribution in [0.5, 0.6) is 11.5 Å². The Morgan fingerprint density at radius 1 is 1.11 bits per heavy atom. The highest BCUT2D eigenvalue weighted by atomic mass is 16.6. The quantitative estimate of drug-likeness (QED) is 0.253. The minimum absolute atomic E-state index is 0.131. The third kappa shape index (κ3) is 4.49. The van der Waals surface area contributed by atoms with Gasteiger partial charge in [0.15, 0.2) is 23.9 Å². The minimum atomic E-state index is -0.779. The number of nitro benzene ring substituents is 1. The highest BCUT2D eigenvalue weighted by Gasteiger charge is 2.16. The van der Waals surface area contributed by atoms with Gasteiger partial charge in [-0.15, -0.1) is 0 Å². The van der Waals surface area contributed by atoms with Crippen LogP contribution in [-0.4, -0.2) is 36.5 Å². The zero-order chi connectivity index (χ0) is 19.2. The molecule has 0 N–H and O–H groups in total. The standard InChI is InChI=1S/C19H15NO7/c21-16(14-5-7-17-18(11-14)26-10-9-25-17)12-27-19(22)8-6-13-3-1-2-4-15(13)20(23)24/h1-8,11H,9-10,12H2/b8-6+. The molecule has 2 aromatic carbocycles. The normalized spacial score (nSPS) is 12.6. The molecule has 1 aliphatic heterocycles. The summed E-state index contributed by atoms with van der Waals surface area (Å²) in [4.78, 5) is 34.3. The number of ketones is 1. The molecule has 138 valence electrons. The Morgan fingerprint density at radius 2 is 1.85 bits per heavy atom. The van der Waals surface area contributed by atoms with Crippen molar-refractivity contribution in [3.05, 3.63) is 69.8 Å². The average molecular weight is 369 g/mol. The van der Waals surface area contributed by atoms with Crippen LogP contribution in [0.25, 0.3) is 6.08 Å². The number of hydrogen-bond donors (Lipinski definition) is 0. The van der Waals surface area contributed by atoms with Gasteiger partial charge in [0.05, 0.1) is 10.5 Å². The molecule has 0 radical (unpaired) electrons. The largest absolute Gasteiger partial charge is 0.486 e. The summed E-state index contributed by atoms with van der Waals surface area (Å²) in [6.45, 7) is 0.388. The van der Waals surface area contributed by atoms with E-state index in [-0.39, 0.29) is 11.3 Å². The molecule has 0 fully saturated rings. The molecule has 0 unspecified atom stereocenters. The molecule has 0 aromatic heterocycles. The lowest BCUT2D eigenvalue weighted by atomic mass is 10.1. The van der Waals surface area contributed by atoms with Crippen LogP contribution >= 0.6 is 0 Å². The number of rotatable bonds is 6. The van der Waals surface area contributed by atoms with Gasteiger partial charge >= 0.3 is 5.97 Å². The van der Waals surface area contributed by atoms with Crippen LogP contribution in [0.15, 0.2) is 48.5 Å². The molecule has 0 spiro atoms. The van der Waals surface area contributed by atoms with Crippen molar-refractivity contribution in [3.8, 4) is 11.5 Å². The number of nitrogens with zero attached hydrogens (tertiary/aromatic N) is 1. The van der Waals surface area contributed by atoms with Gasteiger partial charge in [0.1, 0.15) is 13.2 Å². The summed E-state index contributed by atoms with van der Waals surface area (Å²) in [5.41, 5.74) is 0.459. The van der Waals surface area contributed by atoms with E-state index in [2.05, 4.69) is 0 Å². The number of carbonyl (C=O) groups excluding carboxylic acids is 2. The first-order valence-corrected chi connectivity index (χ1v) is 8.06. The molecule has 0 saturated heterocycles. The second-order valence-electron chi connectivity index (χ2n) is 5.54. The van der Waals surface area contributed by atoms with Crippen molar-refractivity contribution >= 4 is 23.5 Å². The molecular formula is C19H15NO7. The summed E-state index contributed by atoms with van der Waals surface area (Å²) in [7, 11) is 0. The predicted octanol–water partition coefficient (Wildman–Crippen LogP) is 2.81. The van der Waals surface area contributed by atoms with E-state index in [1.54, 1.807) is 18.2 Å². The first-order valence-electron chi connectivity index (χ1n) is 8.06. The number of hydrogen-bond acceptors (Lipinski definition) is 7. The smallest absolute Gasteiger partial charge is 0.331 e. The molecule has 1 aliphatic rings. The van der Waals surface area contributed by atoms with E-state index in [0.717, 1.165) is 6.08 Å². The number of ether oxygens (including phenoxy) is 3. The molecular weight excluding hydrogens is 354 g/mol. The van der Waals surface area contributed by atoms with E-state index in [0.29, 0.717) is 30.3 Å². The summed E-state index contributed by atoms with van der Waals surface area (Å²) in [6, 6.07) is 10.7. The Kier molecular flexibility index (Phi) is 5.46. The second-order valence-corrected chi connectivity index (χ2v) is 5.54. The maximum absolute atomic E-state index is 12.2. The van der Waals surface area contributed by atoms with Crippen molar-refractivity contribution in [1.29, 1.82) is 0 Å². The molecule has 0 bridgehead atoms. The number of benzene rings is 2. The fourth-order valence-corrected chi connectivity index (χ4v) is 2.44. The number of fused-ring (bicyclic) bond motifs is 1. The van der Waals surface area contributed by atoms with Gasteiger partial charge in [-0.1, -0.05) is 12.1 Å². The summed E-state index contributed by atoms with van der Waals surface area (Å²) in [5.74, 6) is -0.157. The van der Waals surface area contributed by atoms with E-state index < -0.39 is 23.3 Å². The third-order valence-electron chi connectivity index (χ3n) is 3.74. The Balaban J connectivity index is 1.59. The lowest BCUT2D eigenvalue weighted by Gasteiger charge is -2.18. The Hall–Kier alpha value is -3.68. The minimum Gasteiger partial charge on any atom is -0.486 e. The predicted molar refractivity (Wildman–Crippen MR) is 94.9 cm³/mol. The number of esters is 1. The summed E-state index contributed by atoms with van der Waals surface area (Å²) in [6.07, 6.45) is 2.31. The molecule has 3 rings (SSSR count). The van der Waals surface area contributed by atoms with E-state index in [4.69, 9.17) is 14.2 Å². The van der Waals surface area contributed by atoms with Gasteiger partial charge in [-0.25, -0.2) is 4.79 Å². The monoisotopic (exact) mass is 369 g/mol. The molecule has 0 saturated carbocycles. The maximum atomic E-state index is 12.2. The van der Waals surface area contributed by atoms with Crippen molar-refractivity contribution in [2.45, 2.75) is 0 Å². The van der Waals surface area contributed by atoms with Gasteiger partial charge in [-0.05, 0) is 30.3 Å². The maximum Gasteiger partial charge on any atom is 0.331 e. The van der Waals surface area contributed by atoms with Crippen LogP contribution in [0.4, 0.5) is 5.69 Å². The Bertz CT molecular complexity index is 920. The van der Waals surface area contributed by atoms with Crippen molar-refractivity contribution < 1.29 is 28.7 Å². The van der Waals surface area contributed by atoms with E-state index >= 15 is 0 Å². The highest BCUT2D eigenvalue weighted by Crippen LogP contribution is 2.30. The summed E-state index contributed by atoms with van der Waals surface area (Å²) < 4.78 is 15.7. The number of nitro groups is 1. The van der Waals surface area contributed by atoms with E-state index in [1.807, 2.05) is 0 Å². The molecule has 0 amide bonds. The molecule has 8 nitrogen and oxygen atoms in total. The van der Waals surface area contributed by atoms with Crippen LogP contribution in [-0.2, 0) is 9.53 Å². The SMILES string of the molecule is O=C(/C=C/c1ccccc1[N+](=O)[O-])OCC(=O)c1ccc2c(c1)OCCO2. The average Bonchev–Trinajstić information content (AvgIpc) is 2.70. The Labute approximate surface area is 154 Å². The van der Waals surface area contributed by atoms with Gasteiger partial charge in [0.25, 0.3) is 5.69 Å².